The van der Waals surface area contributed by atoms with E-state index >= 15 is 0 Å². The highest BCUT2D eigenvalue weighted by atomic mass is 35.5. The maximum Gasteiger partial charge on any atom is 0.244 e. The molecule has 0 saturated heterocycles. The van der Waals surface area contributed by atoms with Gasteiger partial charge in [-0.15, -0.1) is 11.3 Å². The van der Waals surface area contributed by atoms with Crippen LogP contribution >= 0.6 is 46.1 Å². The van der Waals surface area contributed by atoms with Crippen LogP contribution < -0.4 is 4.74 Å². The molecule has 0 aliphatic rings. The van der Waals surface area contributed by atoms with Crippen molar-refractivity contribution in [2.45, 2.75) is 6.61 Å². The zero-order chi connectivity index (χ0) is 14.3. The maximum atomic E-state index is 9.45. The quantitative estimate of drug-likeness (QED) is 0.701. The van der Waals surface area contributed by atoms with E-state index in [1.165, 1.54) is 23.5 Å². The summed E-state index contributed by atoms with van der Waals surface area (Å²) in [6, 6.07) is 3.01. The fourth-order valence-corrected chi connectivity index (χ4v) is 3.02. The van der Waals surface area contributed by atoms with E-state index in [1.54, 1.807) is 4.40 Å². The molecule has 0 aliphatic heterocycles. The van der Waals surface area contributed by atoms with Gasteiger partial charge in [0.2, 0.25) is 5.88 Å². The number of rotatable bonds is 3. The predicted molar refractivity (Wildman–Crippen MR) is 80.5 cm³/mol. The number of aromatic nitrogens is 2. The average Bonchev–Trinajstić information content (AvgIpc) is 2.96. The van der Waals surface area contributed by atoms with E-state index in [1.807, 2.05) is 11.6 Å². The van der Waals surface area contributed by atoms with Crippen molar-refractivity contribution in [3.8, 4) is 11.6 Å². The highest BCUT2D eigenvalue weighted by molar-refractivity contribution is 7.15. The Labute approximate surface area is 133 Å². The first-order chi connectivity index (χ1) is 9.60. The van der Waals surface area contributed by atoms with Crippen LogP contribution in [-0.4, -0.2) is 14.5 Å². The van der Waals surface area contributed by atoms with Crippen molar-refractivity contribution in [3.05, 3.63) is 44.5 Å². The number of aliphatic hydroxyl groups excluding tert-OH is 1. The van der Waals surface area contributed by atoms with Crippen molar-refractivity contribution in [1.82, 2.24) is 9.38 Å². The minimum absolute atomic E-state index is 0.202. The van der Waals surface area contributed by atoms with Gasteiger partial charge < -0.3 is 9.84 Å². The molecule has 0 unspecified atom stereocenters. The lowest BCUT2D eigenvalue weighted by atomic mass is 10.3. The number of ether oxygens (including phenoxy) is 1. The summed E-state index contributed by atoms with van der Waals surface area (Å²) in [6.07, 6.45) is 1.81. The van der Waals surface area contributed by atoms with E-state index in [0.29, 0.717) is 32.4 Å². The first-order valence-electron chi connectivity index (χ1n) is 5.48. The van der Waals surface area contributed by atoms with Gasteiger partial charge in [-0.3, -0.25) is 4.40 Å². The van der Waals surface area contributed by atoms with Gasteiger partial charge in [0, 0.05) is 17.6 Å². The summed E-state index contributed by atoms with van der Waals surface area (Å²) in [5.74, 6) is 0.626. The first-order valence-corrected chi connectivity index (χ1v) is 7.49. The topological polar surface area (TPSA) is 46.8 Å². The van der Waals surface area contributed by atoms with Crippen LogP contribution in [0.2, 0.25) is 15.1 Å². The molecule has 20 heavy (non-hydrogen) atoms. The summed E-state index contributed by atoms with van der Waals surface area (Å²) in [4.78, 5) is 5.02. The summed E-state index contributed by atoms with van der Waals surface area (Å²) in [5.41, 5.74) is 0.545. The summed E-state index contributed by atoms with van der Waals surface area (Å²) in [7, 11) is 0. The lowest BCUT2D eigenvalue weighted by Crippen LogP contribution is -1.94. The zero-order valence-electron chi connectivity index (χ0n) is 9.81. The van der Waals surface area contributed by atoms with Gasteiger partial charge in [0.1, 0.15) is 11.4 Å². The van der Waals surface area contributed by atoms with Crippen molar-refractivity contribution >= 4 is 51.1 Å². The molecule has 0 amide bonds. The van der Waals surface area contributed by atoms with Gasteiger partial charge >= 0.3 is 0 Å². The largest absolute Gasteiger partial charge is 0.436 e. The minimum Gasteiger partial charge on any atom is -0.436 e. The monoisotopic (exact) mass is 348 g/mol. The minimum atomic E-state index is -0.202. The van der Waals surface area contributed by atoms with Crippen LogP contribution in [-0.2, 0) is 6.61 Å². The van der Waals surface area contributed by atoms with Crippen molar-refractivity contribution in [2.75, 3.05) is 0 Å². The molecule has 8 heteroatoms. The summed E-state index contributed by atoms with van der Waals surface area (Å²) in [6.45, 7) is -0.202. The number of hydrogen-bond acceptors (Lipinski definition) is 4. The number of imidazole rings is 1. The van der Waals surface area contributed by atoms with Gasteiger partial charge in [-0.2, -0.15) is 4.98 Å². The first kappa shape index (κ1) is 14.0. The number of fused-ring (bicyclic) bond motifs is 1. The van der Waals surface area contributed by atoms with E-state index in [-0.39, 0.29) is 6.61 Å². The third-order valence-electron chi connectivity index (χ3n) is 2.66. The molecule has 2 heterocycles. The Kier molecular flexibility index (Phi) is 3.79. The van der Waals surface area contributed by atoms with Crippen LogP contribution in [0.1, 0.15) is 5.69 Å². The summed E-state index contributed by atoms with van der Waals surface area (Å²) >= 11 is 19.3. The standard InChI is InChI=1S/C12H7Cl3N2O2S/c13-6-3-8(15)10(4-7(6)14)19-11-9(5-18)17-1-2-20-12(17)16-11/h1-4,18H,5H2. The van der Waals surface area contributed by atoms with Gasteiger partial charge in [-0.05, 0) is 6.07 Å². The van der Waals surface area contributed by atoms with E-state index in [9.17, 15) is 5.11 Å². The second-order valence-electron chi connectivity index (χ2n) is 3.88. The zero-order valence-corrected chi connectivity index (χ0v) is 12.9. The fraction of sp³-hybridized carbons (Fsp3) is 0.0833. The number of hydrogen-bond donors (Lipinski definition) is 1. The molecule has 0 saturated carbocycles. The number of nitrogens with zero attached hydrogens (tertiary/aromatic N) is 2. The van der Waals surface area contributed by atoms with E-state index in [2.05, 4.69) is 4.98 Å². The molecule has 104 valence electrons. The lowest BCUT2D eigenvalue weighted by Gasteiger charge is -2.08. The van der Waals surface area contributed by atoms with E-state index in [0.717, 1.165) is 4.96 Å². The normalized spacial score (nSPS) is 11.2. The highest BCUT2D eigenvalue weighted by Gasteiger charge is 2.16. The molecule has 2 aromatic heterocycles. The molecule has 0 spiro atoms. The van der Waals surface area contributed by atoms with Crippen LogP contribution in [0, 0.1) is 0 Å². The maximum absolute atomic E-state index is 9.45. The molecule has 1 N–H and O–H groups in total. The Morgan fingerprint density at radius 2 is 1.95 bits per heavy atom. The molecule has 1 aromatic carbocycles. The highest BCUT2D eigenvalue weighted by Crippen LogP contribution is 2.37. The van der Waals surface area contributed by atoms with E-state index in [4.69, 9.17) is 39.5 Å². The van der Waals surface area contributed by atoms with Gasteiger partial charge in [-0.1, -0.05) is 34.8 Å². The Hall–Kier alpha value is -0.980. The lowest BCUT2D eigenvalue weighted by molar-refractivity contribution is 0.270. The predicted octanol–water partition coefficient (Wildman–Crippen LogP) is 4.64. The van der Waals surface area contributed by atoms with Crippen LogP contribution in [0.25, 0.3) is 4.96 Å². The molecule has 4 nitrogen and oxygen atoms in total. The smallest absolute Gasteiger partial charge is 0.244 e. The molecule has 3 aromatic rings. The SMILES string of the molecule is OCc1c(Oc2cc(Cl)c(Cl)cc2Cl)nc2sccn12. The summed E-state index contributed by atoms with van der Waals surface area (Å²) in [5, 5.41) is 12.3. The number of halogens is 3. The molecule has 0 atom stereocenters. The van der Waals surface area contributed by atoms with Gasteiger partial charge in [0.25, 0.3) is 0 Å². The Morgan fingerprint density at radius 3 is 2.70 bits per heavy atom. The number of aliphatic hydroxyl groups is 1. The third-order valence-corrected chi connectivity index (χ3v) is 4.43. The van der Waals surface area contributed by atoms with Crippen LogP contribution in [0.3, 0.4) is 0 Å². The van der Waals surface area contributed by atoms with Crippen LogP contribution in [0.4, 0.5) is 0 Å². The summed E-state index contributed by atoms with van der Waals surface area (Å²) < 4.78 is 7.41. The van der Waals surface area contributed by atoms with Gasteiger partial charge in [0.05, 0.1) is 21.7 Å². The second-order valence-corrected chi connectivity index (χ2v) is 5.97. The van der Waals surface area contributed by atoms with E-state index < -0.39 is 0 Å². The van der Waals surface area contributed by atoms with Crippen LogP contribution in [0.15, 0.2) is 23.7 Å². The van der Waals surface area contributed by atoms with Crippen molar-refractivity contribution in [3.63, 3.8) is 0 Å². The van der Waals surface area contributed by atoms with Crippen molar-refractivity contribution < 1.29 is 9.84 Å². The molecular weight excluding hydrogens is 343 g/mol. The third kappa shape index (κ3) is 2.36. The Morgan fingerprint density at radius 1 is 1.20 bits per heavy atom. The molecular formula is C12H7Cl3N2O2S. The fourth-order valence-electron chi connectivity index (χ4n) is 1.72. The molecule has 0 radical (unpaired) electrons. The molecule has 0 fully saturated rings. The number of thiazole rings is 1. The van der Waals surface area contributed by atoms with Gasteiger partial charge in [-0.25, -0.2) is 0 Å². The molecule has 0 aliphatic carbocycles. The van der Waals surface area contributed by atoms with Crippen molar-refractivity contribution in [1.29, 1.82) is 0 Å². The van der Waals surface area contributed by atoms with Crippen LogP contribution in [0.5, 0.6) is 11.6 Å². The number of benzene rings is 1. The second kappa shape index (κ2) is 5.42. The molecule has 3 rings (SSSR count). The van der Waals surface area contributed by atoms with Crippen molar-refractivity contribution in [2.24, 2.45) is 0 Å². The Bertz CT molecular complexity index is 784. The average molecular weight is 350 g/mol. The Balaban J connectivity index is 2.05. The molecule has 0 bridgehead atoms. The van der Waals surface area contributed by atoms with Gasteiger partial charge in [0.15, 0.2) is 4.96 Å².